The van der Waals surface area contributed by atoms with Crippen LogP contribution in [-0.4, -0.2) is 47.1 Å². The summed E-state index contributed by atoms with van der Waals surface area (Å²) in [5.41, 5.74) is 1.57. The number of anilines is 1. The maximum Gasteiger partial charge on any atom is 0.276 e. The molecule has 0 spiro atoms. The molecule has 6 nitrogen and oxygen atoms in total. The first-order valence-electron chi connectivity index (χ1n) is 9.13. The Bertz CT molecular complexity index is 950. The van der Waals surface area contributed by atoms with Crippen LogP contribution in [0, 0.1) is 0 Å². The summed E-state index contributed by atoms with van der Waals surface area (Å²) in [7, 11) is 0. The lowest BCUT2D eigenvalue weighted by molar-refractivity contribution is 0.0736. The Kier molecular flexibility index (Phi) is 3.62. The maximum absolute atomic E-state index is 12.7. The molecule has 6 heteroatoms. The van der Waals surface area contributed by atoms with E-state index >= 15 is 0 Å². The predicted octanol–water partition coefficient (Wildman–Crippen LogP) is 3.06. The van der Waals surface area contributed by atoms with Crippen molar-refractivity contribution in [2.24, 2.45) is 0 Å². The zero-order valence-electron chi connectivity index (χ0n) is 14.5. The molecule has 3 aromatic rings. The number of amides is 1. The fraction of sp³-hybridized carbons (Fsp3) is 0.350. The Labute approximate surface area is 151 Å². The molecule has 0 bridgehead atoms. The molecule has 1 saturated heterocycles. The van der Waals surface area contributed by atoms with Crippen molar-refractivity contribution in [3.8, 4) is 0 Å². The van der Waals surface area contributed by atoms with Crippen LogP contribution in [0.3, 0.4) is 0 Å². The number of pyridine rings is 1. The topological polar surface area (TPSA) is 62.5 Å². The van der Waals surface area contributed by atoms with E-state index in [0.29, 0.717) is 24.7 Å². The Morgan fingerprint density at radius 3 is 2.69 bits per heavy atom. The van der Waals surface area contributed by atoms with Crippen LogP contribution in [0.2, 0.25) is 0 Å². The number of benzene rings is 1. The van der Waals surface area contributed by atoms with Gasteiger partial charge in [-0.2, -0.15) is 0 Å². The molecule has 1 saturated carbocycles. The quantitative estimate of drug-likeness (QED) is 0.728. The van der Waals surface area contributed by atoms with Crippen LogP contribution in [-0.2, 0) is 0 Å². The first-order chi connectivity index (χ1) is 12.8. The Hall–Kier alpha value is -2.89. The molecule has 26 heavy (non-hydrogen) atoms. The summed E-state index contributed by atoms with van der Waals surface area (Å²) in [5.74, 6) is 1.30. The van der Waals surface area contributed by atoms with Crippen molar-refractivity contribution < 1.29 is 9.32 Å². The molecule has 2 aliphatic rings. The van der Waals surface area contributed by atoms with Crippen LogP contribution in [0.25, 0.3) is 10.8 Å². The van der Waals surface area contributed by atoms with Gasteiger partial charge in [0, 0.05) is 55.1 Å². The molecule has 1 aromatic carbocycles. The van der Waals surface area contributed by atoms with Gasteiger partial charge in [0.1, 0.15) is 5.76 Å². The molecule has 5 rings (SSSR count). The molecule has 0 unspecified atom stereocenters. The number of nitrogens with zero attached hydrogens (tertiary/aromatic N) is 4. The normalized spacial score (nSPS) is 17.7. The highest BCUT2D eigenvalue weighted by Gasteiger charge is 2.30. The van der Waals surface area contributed by atoms with Gasteiger partial charge in [-0.15, -0.1) is 0 Å². The smallest absolute Gasteiger partial charge is 0.276 e. The number of rotatable bonds is 3. The SMILES string of the molecule is O=C(c1cc(C2CC2)on1)N1CCN(c2cncc3ccccc23)CC1. The van der Waals surface area contributed by atoms with E-state index in [4.69, 9.17) is 4.52 Å². The first kappa shape index (κ1) is 15.4. The molecule has 3 heterocycles. The Balaban J connectivity index is 1.30. The van der Waals surface area contributed by atoms with E-state index in [0.717, 1.165) is 42.8 Å². The summed E-state index contributed by atoms with van der Waals surface area (Å²) in [4.78, 5) is 21.2. The van der Waals surface area contributed by atoms with Crippen molar-refractivity contribution in [1.82, 2.24) is 15.0 Å². The van der Waals surface area contributed by atoms with Crippen LogP contribution >= 0.6 is 0 Å². The summed E-state index contributed by atoms with van der Waals surface area (Å²) in [6.07, 6.45) is 6.08. The zero-order chi connectivity index (χ0) is 17.5. The highest BCUT2D eigenvalue weighted by molar-refractivity contribution is 5.94. The van der Waals surface area contributed by atoms with Gasteiger partial charge in [-0.05, 0) is 12.8 Å². The monoisotopic (exact) mass is 348 g/mol. The van der Waals surface area contributed by atoms with Gasteiger partial charge < -0.3 is 14.3 Å². The predicted molar refractivity (Wildman–Crippen MR) is 98.3 cm³/mol. The van der Waals surface area contributed by atoms with Crippen LogP contribution < -0.4 is 4.90 Å². The van der Waals surface area contributed by atoms with Crippen LogP contribution in [0.5, 0.6) is 0 Å². The molecule has 0 N–H and O–H groups in total. The lowest BCUT2D eigenvalue weighted by atomic mass is 10.1. The Morgan fingerprint density at radius 1 is 1.08 bits per heavy atom. The van der Waals surface area contributed by atoms with Crippen molar-refractivity contribution in [1.29, 1.82) is 0 Å². The van der Waals surface area contributed by atoms with Gasteiger partial charge >= 0.3 is 0 Å². The average molecular weight is 348 g/mol. The third-order valence-electron chi connectivity index (χ3n) is 5.28. The second-order valence-electron chi connectivity index (χ2n) is 7.05. The maximum atomic E-state index is 12.7. The lowest BCUT2D eigenvalue weighted by Gasteiger charge is -2.36. The van der Waals surface area contributed by atoms with Crippen LogP contribution in [0.1, 0.15) is 35.0 Å². The highest BCUT2D eigenvalue weighted by atomic mass is 16.5. The molecule has 0 atom stereocenters. The van der Waals surface area contributed by atoms with Gasteiger partial charge in [0.25, 0.3) is 5.91 Å². The number of aromatic nitrogens is 2. The fourth-order valence-corrected chi connectivity index (χ4v) is 3.62. The van der Waals surface area contributed by atoms with Crippen molar-refractivity contribution in [2.45, 2.75) is 18.8 Å². The van der Waals surface area contributed by atoms with Gasteiger partial charge in [0.2, 0.25) is 0 Å². The molecular weight excluding hydrogens is 328 g/mol. The molecule has 1 aliphatic heterocycles. The standard InChI is InChI=1S/C20H20N4O2/c25-20(17-11-19(26-22-17)14-5-6-14)24-9-7-23(8-10-24)18-13-21-12-15-3-1-2-4-16(15)18/h1-4,11-14H,5-10H2. The number of fused-ring (bicyclic) bond motifs is 1. The summed E-state index contributed by atoms with van der Waals surface area (Å²) in [5, 5.41) is 6.32. The van der Waals surface area contributed by atoms with Gasteiger partial charge in [-0.25, -0.2) is 0 Å². The first-order valence-corrected chi connectivity index (χ1v) is 9.13. The van der Waals surface area contributed by atoms with E-state index < -0.39 is 0 Å². The van der Waals surface area contributed by atoms with Crippen molar-refractivity contribution in [2.75, 3.05) is 31.1 Å². The summed E-state index contributed by atoms with van der Waals surface area (Å²) >= 11 is 0. The molecule has 2 fully saturated rings. The zero-order valence-corrected chi connectivity index (χ0v) is 14.5. The summed E-state index contributed by atoms with van der Waals surface area (Å²) in [6.45, 7) is 2.92. The van der Waals surface area contributed by atoms with E-state index in [1.165, 1.54) is 5.39 Å². The van der Waals surface area contributed by atoms with Crippen LogP contribution in [0.15, 0.2) is 47.2 Å². The van der Waals surface area contributed by atoms with Crippen molar-refractivity contribution >= 4 is 22.4 Å². The minimum atomic E-state index is -0.0312. The van der Waals surface area contributed by atoms with Crippen LogP contribution in [0.4, 0.5) is 5.69 Å². The average Bonchev–Trinajstić information content (AvgIpc) is 3.44. The molecular formula is C20H20N4O2. The second-order valence-corrected chi connectivity index (χ2v) is 7.05. The fourth-order valence-electron chi connectivity index (χ4n) is 3.62. The van der Waals surface area contributed by atoms with Crippen molar-refractivity contribution in [3.63, 3.8) is 0 Å². The number of hydrogen-bond donors (Lipinski definition) is 0. The minimum absolute atomic E-state index is 0.0312. The number of carbonyl (C=O) groups is 1. The van der Waals surface area contributed by atoms with Crippen molar-refractivity contribution in [3.05, 3.63) is 54.2 Å². The third-order valence-corrected chi connectivity index (χ3v) is 5.28. The number of hydrogen-bond acceptors (Lipinski definition) is 5. The second kappa shape index (κ2) is 6.12. The van der Waals surface area contributed by atoms with E-state index in [2.05, 4.69) is 27.2 Å². The van der Waals surface area contributed by atoms with E-state index in [1.54, 1.807) is 0 Å². The largest absolute Gasteiger partial charge is 0.366 e. The van der Waals surface area contributed by atoms with Gasteiger partial charge in [0.15, 0.2) is 5.69 Å². The minimum Gasteiger partial charge on any atom is -0.366 e. The molecule has 1 amide bonds. The molecule has 0 radical (unpaired) electrons. The van der Waals surface area contributed by atoms with Gasteiger partial charge in [-0.3, -0.25) is 9.78 Å². The molecule has 2 aromatic heterocycles. The van der Waals surface area contributed by atoms with Gasteiger partial charge in [0.05, 0.1) is 11.9 Å². The van der Waals surface area contributed by atoms with Gasteiger partial charge in [-0.1, -0.05) is 29.4 Å². The number of piperazine rings is 1. The molecule has 1 aliphatic carbocycles. The van der Waals surface area contributed by atoms with E-state index in [1.807, 2.05) is 35.5 Å². The number of carbonyl (C=O) groups excluding carboxylic acids is 1. The summed E-state index contributed by atoms with van der Waals surface area (Å²) in [6, 6.07) is 10.1. The van der Waals surface area contributed by atoms with E-state index in [-0.39, 0.29) is 5.91 Å². The molecule has 132 valence electrons. The highest BCUT2D eigenvalue weighted by Crippen LogP contribution is 2.40. The summed E-state index contributed by atoms with van der Waals surface area (Å²) < 4.78 is 5.32. The van der Waals surface area contributed by atoms with E-state index in [9.17, 15) is 4.79 Å². The lowest BCUT2D eigenvalue weighted by Crippen LogP contribution is -2.49. The Morgan fingerprint density at radius 2 is 1.88 bits per heavy atom. The third kappa shape index (κ3) is 2.71.